The van der Waals surface area contributed by atoms with Crippen molar-refractivity contribution in [2.24, 2.45) is 0 Å². The number of nitrogens with two attached hydrogens (primary N) is 1. The van der Waals surface area contributed by atoms with Crippen LogP contribution in [0.3, 0.4) is 0 Å². The third-order valence-electron chi connectivity index (χ3n) is 2.34. The van der Waals surface area contributed by atoms with E-state index in [4.69, 9.17) is 5.73 Å². The number of hydrogen-bond donors (Lipinski definition) is 1. The first-order chi connectivity index (χ1) is 9.45. The standard InChI is InChI=1S/C9H8N8O2S/c1-20(18,19)9-14-7(10)17-8(15-9)13-6(16-17)5-4-11-2-3-12-5/h2-4H,1H3,(H2,10,13,14,15,16). The van der Waals surface area contributed by atoms with Gasteiger partial charge in [0.05, 0.1) is 6.20 Å². The van der Waals surface area contributed by atoms with Crippen molar-refractivity contribution in [1.29, 1.82) is 0 Å². The second kappa shape index (κ2) is 4.16. The van der Waals surface area contributed by atoms with Crippen LogP contribution in [0, 0.1) is 0 Å². The maximum atomic E-state index is 11.4. The smallest absolute Gasteiger partial charge is 0.258 e. The van der Waals surface area contributed by atoms with Gasteiger partial charge in [-0.1, -0.05) is 0 Å². The molecule has 3 rings (SSSR count). The van der Waals surface area contributed by atoms with Gasteiger partial charge in [-0.3, -0.25) is 4.98 Å². The van der Waals surface area contributed by atoms with Crippen molar-refractivity contribution in [2.75, 3.05) is 12.0 Å². The van der Waals surface area contributed by atoms with E-state index >= 15 is 0 Å². The lowest BCUT2D eigenvalue weighted by Gasteiger charge is -1.99. The molecule has 0 atom stereocenters. The number of sulfone groups is 1. The Balaban J connectivity index is 2.24. The Kier molecular flexibility index (Phi) is 2.57. The highest BCUT2D eigenvalue weighted by molar-refractivity contribution is 7.90. The third kappa shape index (κ3) is 2.03. The van der Waals surface area contributed by atoms with Gasteiger partial charge in [0.15, 0.2) is 0 Å². The van der Waals surface area contributed by atoms with Gasteiger partial charge >= 0.3 is 0 Å². The molecule has 20 heavy (non-hydrogen) atoms. The van der Waals surface area contributed by atoms with Crippen LogP contribution in [0.15, 0.2) is 23.7 Å². The van der Waals surface area contributed by atoms with Crippen LogP contribution in [0.5, 0.6) is 0 Å². The molecule has 0 unspecified atom stereocenters. The zero-order valence-electron chi connectivity index (χ0n) is 10.2. The first-order valence-corrected chi connectivity index (χ1v) is 7.21. The second-order valence-corrected chi connectivity index (χ2v) is 5.78. The Morgan fingerprint density at radius 2 is 2.00 bits per heavy atom. The van der Waals surface area contributed by atoms with Crippen LogP contribution in [0.1, 0.15) is 0 Å². The summed E-state index contributed by atoms with van der Waals surface area (Å²) in [6.07, 6.45) is 5.45. The Morgan fingerprint density at radius 1 is 1.20 bits per heavy atom. The van der Waals surface area contributed by atoms with Crippen molar-refractivity contribution in [1.82, 2.24) is 34.5 Å². The average molecular weight is 292 g/mol. The fourth-order valence-corrected chi connectivity index (χ4v) is 1.98. The zero-order chi connectivity index (χ0) is 14.3. The topological polar surface area (TPSA) is 142 Å². The molecule has 0 bridgehead atoms. The van der Waals surface area contributed by atoms with E-state index in [1.54, 1.807) is 0 Å². The molecule has 0 radical (unpaired) electrons. The van der Waals surface area contributed by atoms with E-state index in [0.29, 0.717) is 5.69 Å². The van der Waals surface area contributed by atoms with Gasteiger partial charge in [-0.05, 0) is 0 Å². The molecule has 0 aliphatic heterocycles. The SMILES string of the molecule is CS(=O)(=O)c1nc(N)n2nc(-c3cnccn3)nc2n1. The Labute approximate surface area is 112 Å². The largest absolute Gasteiger partial charge is 0.368 e. The van der Waals surface area contributed by atoms with Crippen LogP contribution in [0.2, 0.25) is 0 Å². The number of anilines is 1. The molecule has 11 heteroatoms. The molecular weight excluding hydrogens is 284 g/mol. The third-order valence-corrected chi connectivity index (χ3v) is 3.18. The summed E-state index contributed by atoms with van der Waals surface area (Å²) in [7, 11) is -3.58. The van der Waals surface area contributed by atoms with Crippen molar-refractivity contribution in [3.8, 4) is 11.5 Å². The van der Waals surface area contributed by atoms with Gasteiger partial charge in [0.1, 0.15) is 5.69 Å². The maximum Gasteiger partial charge on any atom is 0.258 e. The van der Waals surface area contributed by atoms with Crippen LogP contribution in [0.4, 0.5) is 5.95 Å². The van der Waals surface area contributed by atoms with Gasteiger partial charge in [0, 0.05) is 18.6 Å². The van der Waals surface area contributed by atoms with E-state index in [2.05, 4.69) is 30.0 Å². The summed E-state index contributed by atoms with van der Waals surface area (Å²) >= 11 is 0. The lowest BCUT2D eigenvalue weighted by molar-refractivity contribution is 0.592. The Bertz CT molecular complexity index is 889. The van der Waals surface area contributed by atoms with Crippen molar-refractivity contribution in [2.45, 2.75) is 5.16 Å². The quantitative estimate of drug-likeness (QED) is 0.626. The van der Waals surface area contributed by atoms with Crippen molar-refractivity contribution in [3.63, 3.8) is 0 Å². The highest BCUT2D eigenvalue weighted by Gasteiger charge is 2.17. The average Bonchev–Trinajstić information content (AvgIpc) is 2.83. The van der Waals surface area contributed by atoms with Gasteiger partial charge in [-0.15, -0.1) is 5.10 Å². The van der Waals surface area contributed by atoms with Gasteiger partial charge in [0.2, 0.25) is 21.6 Å². The highest BCUT2D eigenvalue weighted by atomic mass is 32.2. The van der Waals surface area contributed by atoms with Crippen molar-refractivity contribution < 1.29 is 8.42 Å². The molecule has 0 saturated carbocycles. The normalized spacial score (nSPS) is 11.8. The van der Waals surface area contributed by atoms with Gasteiger partial charge in [-0.2, -0.15) is 19.5 Å². The first kappa shape index (κ1) is 12.3. The molecule has 2 N–H and O–H groups in total. The molecule has 3 heterocycles. The monoisotopic (exact) mass is 292 g/mol. The lowest BCUT2D eigenvalue weighted by Crippen LogP contribution is -2.11. The minimum Gasteiger partial charge on any atom is -0.368 e. The molecule has 0 aliphatic carbocycles. The van der Waals surface area contributed by atoms with E-state index in [9.17, 15) is 8.42 Å². The predicted octanol–water partition coefficient (Wildman–Crippen LogP) is -1.04. The lowest BCUT2D eigenvalue weighted by atomic mass is 10.4. The number of hydrogen-bond acceptors (Lipinski definition) is 9. The van der Waals surface area contributed by atoms with E-state index in [0.717, 1.165) is 10.8 Å². The number of nitrogen functional groups attached to an aromatic ring is 1. The zero-order valence-corrected chi connectivity index (χ0v) is 11.0. The van der Waals surface area contributed by atoms with Gasteiger partial charge in [0.25, 0.3) is 10.9 Å². The molecular formula is C9H8N8O2S. The van der Waals surface area contributed by atoms with Gasteiger partial charge in [-0.25, -0.2) is 13.4 Å². The van der Waals surface area contributed by atoms with Crippen LogP contribution in [-0.2, 0) is 9.84 Å². The van der Waals surface area contributed by atoms with E-state index in [1.165, 1.54) is 18.6 Å². The van der Waals surface area contributed by atoms with Crippen molar-refractivity contribution >= 4 is 21.6 Å². The Morgan fingerprint density at radius 3 is 2.65 bits per heavy atom. The molecule has 0 aromatic carbocycles. The Hall–Kier alpha value is -2.69. The van der Waals surface area contributed by atoms with Crippen LogP contribution < -0.4 is 5.73 Å². The predicted molar refractivity (Wildman–Crippen MR) is 67.1 cm³/mol. The van der Waals surface area contributed by atoms with E-state index in [-0.39, 0.29) is 17.6 Å². The second-order valence-electron chi connectivity index (χ2n) is 3.87. The van der Waals surface area contributed by atoms with E-state index < -0.39 is 15.0 Å². The number of aromatic nitrogens is 7. The molecule has 0 spiro atoms. The van der Waals surface area contributed by atoms with Gasteiger partial charge < -0.3 is 5.73 Å². The minimum absolute atomic E-state index is 0.0265. The summed E-state index contributed by atoms with van der Waals surface area (Å²) < 4.78 is 24.0. The number of fused-ring (bicyclic) bond motifs is 1. The summed E-state index contributed by atoms with van der Waals surface area (Å²) in [5, 5.41) is 3.66. The number of nitrogens with zero attached hydrogens (tertiary/aromatic N) is 7. The highest BCUT2D eigenvalue weighted by Crippen LogP contribution is 2.14. The molecule has 0 saturated heterocycles. The van der Waals surface area contributed by atoms with Crippen LogP contribution in [0.25, 0.3) is 17.3 Å². The fourth-order valence-electron chi connectivity index (χ4n) is 1.47. The summed E-state index contributed by atoms with van der Waals surface area (Å²) in [5.41, 5.74) is 6.07. The summed E-state index contributed by atoms with van der Waals surface area (Å²) in [4.78, 5) is 19.5. The molecule has 10 nitrogen and oxygen atoms in total. The van der Waals surface area contributed by atoms with Crippen molar-refractivity contribution in [3.05, 3.63) is 18.6 Å². The van der Waals surface area contributed by atoms with Crippen LogP contribution in [-0.4, -0.2) is 49.2 Å². The maximum absolute atomic E-state index is 11.4. The first-order valence-electron chi connectivity index (χ1n) is 5.32. The van der Waals surface area contributed by atoms with E-state index in [1.807, 2.05) is 0 Å². The number of rotatable bonds is 2. The van der Waals surface area contributed by atoms with Crippen LogP contribution >= 0.6 is 0 Å². The molecule has 0 amide bonds. The molecule has 0 aliphatic rings. The summed E-state index contributed by atoms with van der Waals surface area (Å²) in [6.45, 7) is 0. The molecule has 3 aromatic rings. The molecule has 3 aromatic heterocycles. The fraction of sp³-hybridized carbons (Fsp3) is 0.111. The minimum atomic E-state index is -3.58. The molecule has 0 fully saturated rings. The molecule has 102 valence electrons. The summed E-state index contributed by atoms with van der Waals surface area (Å²) in [5.74, 6) is 0.126. The summed E-state index contributed by atoms with van der Waals surface area (Å²) in [6, 6.07) is 0.